The van der Waals surface area contributed by atoms with Crippen molar-refractivity contribution < 1.29 is 9.47 Å². The summed E-state index contributed by atoms with van der Waals surface area (Å²) in [6.45, 7) is 11.9. The second-order valence-corrected chi connectivity index (χ2v) is 7.65. The lowest BCUT2D eigenvalue weighted by Crippen LogP contribution is -2.49. The van der Waals surface area contributed by atoms with E-state index in [9.17, 15) is 0 Å². The number of likely N-dealkylation sites (tertiary alicyclic amines) is 1. The minimum atomic E-state index is 0.315. The third-order valence-electron chi connectivity index (χ3n) is 4.98. The summed E-state index contributed by atoms with van der Waals surface area (Å²) in [6, 6.07) is 8.61. The van der Waals surface area contributed by atoms with Crippen LogP contribution in [0, 0.1) is 6.92 Å². The van der Waals surface area contributed by atoms with E-state index in [1.54, 1.807) is 0 Å². The van der Waals surface area contributed by atoms with E-state index in [1.165, 1.54) is 5.56 Å². The maximum absolute atomic E-state index is 5.84. The van der Waals surface area contributed by atoms with Gasteiger partial charge in [-0.15, -0.1) is 0 Å². The van der Waals surface area contributed by atoms with Gasteiger partial charge in [-0.25, -0.2) is 0 Å². The molecule has 2 N–H and O–H groups in total. The van der Waals surface area contributed by atoms with E-state index in [4.69, 9.17) is 9.47 Å². The summed E-state index contributed by atoms with van der Waals surface area (Å²) in [6.07, 6.45) is 3.52. The number of nitrogens with one attached hydrogen (secondary N) is 2. The maximum atomic E-state index is 5.84. The predicted molar refractivity (Wildman–Crippen MR) is 116 cm³/mol. The van der Waals surface area contributed by atoms with Crippen LogP contribution in [0.1, 0.15) is 38.7 Å². The van der Waals surface area contributed by atoms with Crippen LogP contribution in [0.3, 0.4) is 0 Å². The maximum Gasteiger partial charge on any atom is 0.191 e. The van der Waals surface area contributed by atoms with Crippen LogP contribution in [0.5, 0.6) is 5.75 Å². The molecule has 1 aliphatic heterocycles. The summed E-state index contributed by atoms with van der Waals surface area (Å²) in [7, 11) is 1.83. The number of aryl methyl sites for hydroxylation is 1. The van der Waals surface area contributed by atoms with Crippen molar-refractivity contribution in [2.75, 3.05) is 46.4 Å². The van der Waals surface area contributed by atoms with Crippen molar-refractivity contribution in [2.45, 2.75) is 52.2 Å². The van der Waals surface area contributed by atoms with E-state index in [-0.39, 0.29) is 0 Å². The smallest absolute Gasteiger partial charge is 0.191 e. The molecule has 6 heteroatoms. The minimum Gasteiger partial charge on any atom is -0.493 e. The third kappa shape index (κ3) is 8.48. The van der Waals surface area contributed by atoms with Crippen LogP contribution < -0.4 is 15.4 Å². The zero-order valence-electron chi connectivity index (χ0n) is 18.0. The van der Waals surface area contributed by atoms with Crippen molar-refractivity contribution in [1.82, 2.24) is 15.5 Å². The normalized spacial score (nSPS) is 16.4. The first-order valence-electron chi connectivity index (χ1n) is 10.6. The lowest BCUT2D eigenvalue weighted by molar-refractivity contribution is 0.0532. The Labute approximate surface area is 170 Å². The molecule has 0 aromatic heterocycles. The number of para-hydroxylation sites is 1. The SMILES string of the molecule is CN=C(NCCCOc1ccccc1C)NC1CCN(CCOC(C)C)CC1. The predicted octanol–water partition coefficient (Wildman–Crippen LogP) is 2.82. The molecule has 1 fully saturated rings. The van der Waals surface area contributed by atoms with Gasteiger partial charge in [0.25, 0.3) is 0 Å². The number of benzene rings is 1. The van der Waals surface area contributed by atoms with Gasteiger partial charge in [-0.3, -0.25) is 4.99 Å². The summed E-state index contributed by atoms with van der Waals surface area (Å²) in [5.41, 5.74) is 1.18. The highest BCUT2D eigenvalue weighted by Gasteiger charge is 2.19. The molecule has 1 heterocycles. The van der Waals surface area contributed by atoms with Crippen molar-refractivity contribution in [2.24, 2.45) is 4.99 Å². The molecule has 6 nitrogen and oxygen atoms in total. The number of aliphatic imine (C=N–C) groups is 1. The average Bonchev–Trinajstić information content (AvgIpc) is 2.69. The molecule has 0 unspecified atom stereocenters. The first-order valence-corrected chi connectivity index (χ1v) is 10.6. The second kappa shape index (κ2) is 12.6. The highest BCUT2D eigenvalue weighted by Crippen LogP contribution is 2.16. The third-order valence-corrected chi connectivity index (χ3v) is 4.98. The van der Waals surface area contributed by atoms with Crippen LogP contribution in [-0.2, 0) is 4.74 Å². The van der Waals surface area contributed by atoms with E-state index in [2.05, 4.69) is 47.4 Å². The highest BCUT2D eigenvalue weighted by molar-refractivity contribution is 5.79. The van der Waals surface area contributed by atoms with Gasteiger partial charge in [-0.05, 0) is 51.7 Å². The van der Waals surface area contributed by atoms with Crippen molar-refractivity contribution in [3.8, 4) is 5.75 Å². The fourth-order valence-corrected chi connectivity index (χ4v) is 3.29. The van der Waals surface area contributed by atoms with Gasteiger partial charge in [0.15, 0.2) is 5.96 Å². The molecule has 1 aromatic rings. The van der Waals surface area contributed by atoms with Gasteiger partial charge in [-0.2, -0.15) is 0 Å². The first-order chi connectivity index (χ1) is 13.6. The van der Waals surface area contributed by atoms with Crippen LogP contribution in [0.25, 0.3) is 0 Å². The van der Waals surface area contributed by atoms with Crippen LogP contribution in [0.15, 0.2) is 29.3 Å². The van der Waals surface area contributed by atoms with E-state index >= 15 is 0 Å². The Morgan fingerprint density at radius 2 is 1.96 bits per heavy atom. The number of nitrogens with zero attached hydrogens (tertiary/aromatic N) is 2. The number of hydrogen-bond acceptors (Lipinski definition) is 4. The Hall–Kier alpha value is -1.79. The molecule has 2 rings (SSSR count). The molecular weight excluding hydrogens is 352 g/mol. The second-order valence-electron chi connectivity index (χ2n) is 7.65. The lowest BCUT2D eigenvalue weighted by atomic mass is 10.1. The van der Waals surface area contributed by atoms with E-state index in [1.807, 2.05) is 25.2 Å². The van der Waals surface area contributed by atoms with Crippen molar-refractivity contribution in [1.29, 1.82) is 0 Å². The van der Waals surface area contributed by atoms with Gasteiger partial charge < -0.3 is 25.0 Å². The fourth-order valence-electron chi connectivity index (χ4n) is 3.29. The van der Waals surface area contributed by atoms with Crippen molar-refractivity contribution in [3.05, 3.63) is 29.8 Å². The van der Waals surface area contributed by atoms with Crippen LogP contribution in [0.2, 0.25) is 0 Å². The first kappa shape index (κ1) is 22.5. The van der Waals surface area contributed by atoms with Crippen LogP contribution in [-0.4, -0.2) is 69.4 Å². The number of guanidine groups is 1. The zero-order valence-corrected chi connectivity index (χ0v) is 18.0. The number of hydrogen-bond donors (Lipinski definition) is 2. The van der Waals surface area contributed by atoms with Crippen molar-refractivity contribution >= 4 is 5.96 Å². The van der Waals surface area contributed by atoms with Gasteiger partial charge in [0.1, 0.15) is 5.75 Å². The van der Waals surface area contributed by atoms with E-state index in [0.29, 0.717) is 18.8 Å². The van der Waals surface area contributed by atoms with Gasteiger partial charge in [-0.1, -0.05) is 18.2 Å². The number of piperidine rings is 1. The summed E-state index contributed by atoms with van der Waals surface area (Å²) in [5, 5.41) is 6.96. The molecule has 0 bridgehead atoms. The van der Waals surface area contributed by atoms with Gasteiger partial charge in [0, 0.05) is 39.3 Å². The molecule has 1 saturated heterocycles. The molecule has 0 radical (unpaired) electrons. The Morgan fingerprint density at radius 1 is 1.21 bits per heavy atom. The monoisotopic (exact) mass is 390 g/mol. The largest absolute Gasteiger partial charge is 0.493 e. The Bertz CT molecular complexity index is 584. The molecule has 0 saturated carbocycles. The summed E-state index contributed by atoms with van der Waals surface area (Å²) >= 11 is 0. The van der Waals surface area contributed by atoms with E-state index < -0.39 is 0 Å². The molecule has 0 spiro atoms. The zero-order chi connectivity index (χ0) is 20.2. The number of rotatable bonds is 10. The van der Waals surface area contributed by atoms with Crippen molar-refractivity contribution in [3.63, 3.8) is 0 Å². The highest BCUT2D eigenvalue weighted by atomic mass is 16.5. The van der Waals surface area contributed by atoms with Gasteiger partial charge >= 0.3 is 0 Å². The Kier molecular flexibility index (Phi) is 10.1. The van der Waals surface area contributed by atoms with Gasteiger partial charge in [0.2, 0.25) is 0 Å². The van der Waals surface area contributed by atoms with Crippen LogP contribution in [0.4, 0.5) is 0 Å². The Balaban J connectivity index is 1.57. The summed E-state index contributed by atoms with van der Waals surface area (Å²) in [4.78, 5) is 6.85. The molecule has 1 aromatic carbocycles. The lowest BCUT2D eigenvalue weighted by Gasteiger charge is -2.33. The molecule has 0 atom stereocenters. The Morgan fingerprint density at radius 3 is 2.64 bits per heavy atom. The molecule has 0 amide bonds. The van der Waals surface area contributed by atoms with Crippen LogP contribution >= 0.6 is 0 Å². The summed E-state index contributed by atoms with van der Waals surface area (Å²) in [5.74, 6) is 1.85. The molecular formula is C22H38N4O2. The molecule has 28 heavy (non-hydrogen) atoms. The van der Waals surface area contributed by atoms with Gasteiger partial charge in [0.05, 0.1) is 19.3 Å². The molecule has 158 valence electrons. The molecule has 1 aliphatic rings. The quantitative estimate of drug-likeness (QED) is 0.365. The fraction of sp³-hybridized carbons (Fsp3) is 0.682. The standard InChI is InChI=1S/C22H38N4O2/c1-18(2)27-17-15-26-13-10-20(11-14-26)25-22(23-4)24-12-7-16-28-21-9-6-5-8-19(21)3/h5-6,8-9,18,20H,7,10-17H2,1-4H3,(H2,23,24,25). The summed E-state index contributed by atoms with van der Waals surface area (Å²) < 4.78 is 11.5. The minimum absolute atomic E-state index is 0.315. The van der Waals surface area contributed by atoms with E-state index in [0.717, 1.165) is 63.8 Å². The molecule has 0 aliphatic carbocycles. The topological polar surface area (TPSA) is 58.1 Å². The average molecular weight is 391 g/mol. The number of ether oxygens (including phenoxy) is 2.